The van der Waals surface area contributed by atoms with E-state index in [2.05, 4.69) is 36.2 Å². The smallest absolute Gasteiger partial charge is 0.237 e. The van der Waals surface area contributed by atoms with Gasteiger partial charge in [0.1, 0.15) is 24.9 Å². The van der Waals surface area contributed by atoms with Crippen molar-refractivity contribution in [3.05, 3.63) is 12.7 Å². The standard InChI is InChI=1S/C18H27FN6O/c1-17(2)13(9-24-12-21-11-23-24)4-5-18(17,3)22-8-16(26)25-10-14(19)6-15(25)7-20/h11-15,22H,4-6,8-10H2,1-3H3/t13-,14?,15-,18-/m0/s1. The Morgan fingerprint density at radius 1 is 1.46 bits per heavy atom. The summed E-state index contributed by atoms with van der Waals surface area (Å²) in [6, 6.07) is 1.38. The van der Waals surface area contributed by atoms with Crippen molar-refractivity contribution in [3.8, 4) is 6.07 Å². The second-order valence-corrected chi connectivity index (χ2v) is 8.28. The molecule has 0 bridgehead atoms. The molecule has 26 heavy (non-hydrogen) atoms. The van der Waals surface area contributed by atoms with Crippen LogP contribution in [-0.2, 0) is 11.3 Å². The van der Waals surface area contributed by atoms with Gasteiger partial charge in [-0.2, -0.15) is 10.4 Å². The molecule has 1 aromatic heterocycles. The Morgan fingerprint density at radius 2 is 2.23 bits per heavy atom. The normalized spacial score (nSPS) is 33.3. The van der Waals surface area contributed by atoms with Gasteiger partial charge in [0.05, 0.1) is 19.2 Å². The van der Waals surface area contributed by atoms with Crippen molar-refractivity contribution in [2.75, 3.05) is 13.1 Å². The van der Waals surface area contributed by atoms with E-state index in [9.17, 15) is 9.18 Å². The third kappa shape index (κ3) is 3.32. The summed E-state index contributed by atoms with van der Waals surface area (Å²) >= 11 is 0. The highest BCUT2D eigenvalue weighted by Gasteiger charge is 2.51. The minimum Gasteiger partial charge on any atom is -0.323 e. The van der Waals surface area contributed by atoms with Gasteiger partial charge in [0, 0.05) is 18.5 Å². The number of aromatic nitrogens is 3. The zero-order chi connectivity index (χ0) is 18.9. The van der Waals surface area contributed by atoms with Crippen LogP contribution in [0.2, 0.25) is 0 Å². The van der Waals surface area contributed by atoms with Gasteiger partial charge < -0.3 is 10.2 Å². The number of carbonyl (C=O) groups is 1. The van der Waals surface area contributed by atoms with Gasteiger partial charge in [0.15, 0.2) is 0 Å². The van der Waals surface area contributed by atoms with E-state index in [1.807, 2.05) is 10.8 Å². The Morgan fingerprint density at radius 3 is 2.88 bits per heavy atom. The fraction of sp³-hybridized carbons (Fsp3) is 0.778. The van der Waals surface area contributed by atoms with Gasteiger partial charge >= 0.3 is 0 Å². The molecule has 1 N–H and O–H groups in total. The van der Waals surface area contributed by atoms with Crippen molar-refractivity contribution in [2.45, 2.75) is 64.3 Å². The third-order valence-corrected chi connectivity index (χ3v) is 6.66. The zero-order valence-electron chi connectivity index (χ0n) is 15.7. The number of hydrogen-bond donors (Lipinski definition) is 1. The van der Waals surface area contributed by atoms with Gasteiger partial charge in [-0.1, -0.05) is 13.8 Å². The third-order valence-electron chi connectivity index (χ3n) is 6.66. The number of rotatable bonds is 5. The van der Waals surface area contributed by atoms with Crippen molar-refractivity contribution in [3.63, 3.8) is 0 Å². The van der Waals surface area contributed by atoms with Gasteiger partial charge in [-0.3, -0.25) is 9.48 Å². The molecule has 3 rings (SSSR count). The second-order valence-electron chi connectivity index (χ2n) is 8.28. The van der Waals surface area contributed by atoms with E-state index in [-0.39, 0.29) is 36.4 Å². The number of likely N-dealkylation sites (tertiary alicyclic amines) is 1. The van der Waals surface area contributed by atoms with Crippen molar-refractivity contribution < 1.29 is 9.18 Å². The molecule has 142 valence electrons. The first-order valence-corrected chi connectivity index (χ1v) is 9.17. The highest BCUT2D eigenvalue weighted by Crippen LogP contribution is 2.50. The molecule has 4 atom stereocenters. The van der Waals surface area contributed by atoms with Crippen molar-refractivity contribution >= 4 is 5.91 Å². The monoisotopic (exact) mass is 362 g/mol. The summed E-state index contributed by atoms with van der Waals surface area (Å²) in [5, 5.41) is 16.8. The van der Waals surface area contributed by atoms with E-state index in [4.69, 9.17) is 5.26 Å². The first-order chi connectivity index (χ1) is 12.3. The minimum atomic E-state index is -1.10. The average Bonchev–Trinajstić information content (AvgIpc) is 3.29. The number of carbonyl (C=O) groups excluding carboxylic acids is 1. The van der Waals surface area contributed by atoms with Gasteiger partial charge in [-0.15, -0.1) is 0 Å². The molecular weight excluding hydrogens is 335 g/mol. The second kappa shape index (κ2) is 6.95. The Balaban J connectivity index is 1.62. The van der Waals surface area contributed by atoms with Crippen LogP contribution in [0.1, 0.15) is 40.0 Å². The number of nitrogens with one attached hydrogen (secondary N) is 1. The number of amides is 1. The Bertz CT molecular complexity index is 684. The van der Waals surface area contributed by atoms with Gasteiger partial charge in [0.25, 0.3) is 0 Å². The van der Waals surface area contributed by atoms with Crippen LogP contribution < -0.4 is 5.32 Å². The molecule has 0 radical (unpaired) electrons. The lowest BCUT2D eigenvalue weighted by Gasteiger charge is -2.42. The SMILES string of the molecule is CC1(C)[C@H](Cn2cncn2)CC[C@]1(C)NCC(=O)N1CC(F)C[C@H]1C#N. The molecule has 0 spiro atoms. The molecular formula is C18H27FN6O. The summed E-state index contributed by atoms with van der Waals surface area (Å²) in [7, 11) is 0. The first kappa shape index (κ1) is 18.8. The van der Waals surface area contributed by atoms with E-state index in [0.29, 0.717) is 5.92 Å². The van der Waals surface area contributed by atoms with E-state index < -0.39 is 12.2 Å². The molecule has 1 saturated heterocycles. The fourth-order valence-corrected chi connectivity index (χ4v) is 4.34. The maximum Gasteiger partial charge on any atom is 0.237 e. The molecule has 2 fully saturated rings. The molecule has 1 aliphatic carbocycles. The Kier molecular flexibility index (Phi) is 5.02. The molecule has 1 unspecified atom stereocenters. The lowest BCUT2D eigenvalue weighted by atomic mass is 9.71. The molecule has 1 aliphatic heterocycles. The summed E-state index contributed by atoms with van der Waals surface area (Å²) in [5.41, 5.74) is -0.271. The minimum absolute atomic E-state index is 0.0216. The highest BCUT2D eigenvalue weighted by atomic mass is 19.1. The quantitative estimate of drug-likeness (QED) is 0.858. The van der Waals surface area contributed by atoms with Gasteiger partial charge in [-0.25, -0.2) is 9.37 Å². The predicted octanol–water partition coefficient (Wildman–Crippen LogP) is 1.53. The van der Waals surface area contributed by atoms with Crippen LogP contribution in [0.15, 0.2) is 12.7 Å². The summed E-state index contributed by atoms with van der Waals surface area (Å²) < 4.78 is 15.4. The van der Waals surface area contributed by atoms with Gasteiger partial charge in [0.2, 0.25) is 5.91 Å². The average molecular weight is 362 g/mol. The largest absolute Gasteiger partial charge is 0.323 e. The van der Waals surface area contributed by atoms with Crippen LogP contribution >= 0.6 is 0 Å². The summed E-state index contributed by atoms with van der Waals surface area (Å²) in [6.45, 7) is 7.51. The number of alkyl halides is 1. The summed E-state index contributed by atoms with van der Waals surface area (Å²) in [4.78, 5) is 17.9. The highest BCUT2D eigenvalue weighted by molar-refractivity contribution is 5.79. The lowest BCUT2D eigenvalue weighted by Crippen LogP contribution is -2.55. The molecule has 2 aliphatic rings. The molecule has 1 saturated carbocycles. The van der Waals surface area contributed by atoms with E-state index in [0.717, 1.165) is 19.4 Å². The summed E-state index contributed by atoms with van der Waals surface area (Å²) in [5.74, 6) is 0.208. The Labute approximate surface area is 153 Å². The van der Waals surface area contributed by atoms with E-state index in [1.165, 1.54) is 11.2 Å². The van der Waals surface area contributed by atoms with Crippen molar-refractivity contribution in [1.29, 1.82) is 5.26 Å². The van der Waals surface area contributed by atoms with Crippen LogP contribution in [0.4, 0.5) is 4.39 Å². The number of nitrogens with zero attached hydrogens (tertiary/aromatic N) is 5. The number of nitriles is 1. The molecule has 1 amide bonds. The molecule has 8 heteroatoms. The van der Waals surface area contributed by atoms with E-state index >= 15 is 0 Å². The van der Waals surface area contributed by atoms with Crippen LogP contribution in [0.25, 0.3) is 0 Å². The number of halogens is 1. The topological polar surface area (TPSA) is 86.8 Å². The van der Waals surface area contributed by atoms with Crippen LogP contribution in [-0.4, -0.2) is 56.4 Å². The maximum atomic E-state index is 13.6. The zero-order valence-corrected chi connectivity index (χ0v) is 15.7. The predicted molar refractivity (Wildman–Crippen MR) is 93.6 cm³/mol. The van der Waals surface area contributed by atoms with Crippen LogP contribution in [0, 0.1) is 22.7 Å². The molecule has 0 aromatic carbocycles. The first-order valence-electron chi connectivity index (χ1n) is 9.17. The summed E-state index contributed by atoms with van der Waals surface area (Å²) in [6.07, 6.45) is 4.25. The van der Waals surface area contributed by atoms with E-state index in [1.54, 1.807) is 6.33 Å². The van der Waals surface area contributed by atoms with Gasteiger partial charge in [-0.05, 0) is 31.1 Å². The maximum absolute atomic E-state index is 13.6. The molecule has 7 nitrogen and oxygen atoms in total. The van der Waals surface area contributed by atoms with Crippen molar-refractivity contribution in [2.24, 2.45) is 11.3 Å². The number of hydrogen-bond acceptors (Lipinski definition) is 5. The van der Waals surface area contributed by atoms with Crippen LogP contribution in [0.5, 0.6) is 0 Å². The fourth-order valence-electron chi connectivity index (χ4n) is 4.34. The molecule has 2 heterocycles. The van der Waals surface area contributed by atoms with Crippen LogP contribution in [0.3, 0.4) is 0 Å². The molecule has 1 aromatic rings. The Hall–Kier alpha value is -2.01. The lowest BCUT2D eigenvalue weighted by molar-refractivity contribution is -0.131. The van der Waals surface area contributed by atoms with Crippen molar-refractivity contribution in [1.82, 2.24) is 25.0 Å².